The molecule has 20 heavy (non-hydrogen) atoms. The first-order valence-electron chi connectivity index (χ1n) is 5.96. The number of halogens is 3. The molecule has 0 aliphatic heterocycles. The van der Waals surface area contributed by atoms with Crippen molar-refractivity contribution in [1.82, 2.24) is 9.97 Å². The summed E-state index contributed by atoms with van der Waals surface area (Å²) in [5.41, 5.74) is 1.45. The lowest BCUT2D eigenvalue weighted by Crippen LogP contribution is -2.16. The number of aromatic nitrogens is 2. The van der Waals surface area contributed by atoms with Crippen molar-refractivity contribution in [1.29, 1.82) is 0 Å². The fourth-order valence-electron chi connectivity index (χ4n) is 1.78. The van der Waals surface area contributed by atoms with Crippen molar-refractivity contribution in [3.05, 3.63) is 43.3 Å². The van der Waals surface area contributed by atoms with E-state index < -0.39 is 0 Å². The molecule has 0 unspecified atom stereocenters. The molecule has 0 radical (unpaired) electrons. The third-order valence-electron chi connectivity index (χ3n) is 2.80. The number of H-pyrrole nitrogens is 1. The molecule has 2 rings (SSSR count). The highest BCUT2D eigenvalue weighted by Crippen LogP contribution is 2.32. The molecule has 1 N–H and O–H groups in total. The maximum absolute atomic E-state index is 13.4. The first-order chi connectivity index (χ1) is 9.20. The molecule has 0 saturated carbocycles. The van der Waals surface area contributed by atoms with Crippen molar-refractivity contribution >= 4 is 44.1 Å². The van der Waals surface area contributed by atoms with Crippen LogP contribution in [-0.2, 0) is 5.41 Å². The molecule has 1 aromatic heterocycles. The van der Waals surface area contributed by atoms with Crippen molar-refractivity contribution in [2.24, 2.45) is 0 Å². The normalized spacial score (nSPS) is 11.7. The number of aromatic amines is 1. The van der Waals surface area contributed by atoms with Gasteiger partial charge in [0.25, 0.3) is 0 Å². The highest BCUT2D eigenvalue weighted by atomic mass is 79.9. The molecule has 0 atom stereocenters. The predicted molar refractivity (Wildman–Crippen MR) is 88.9 cm³/mol. The van der Waals surface area contributed by atoms with Crippen LogP contribution in [0.3, 0.4) is 0 Å². The van der Waals surface area contributed by atoms with Gasteiger partial charge < -0.3 is 4.98 Å². The Bertz CT molecular complexity index is 720. The van der Waals surface area contributed by atoms with Gasteiger partial charge >= 0.3 is 0 Å². The van der Waals surface area contributed by atoms with Crippen molar-refractivity contribution in [2.45, 2.75) is 26.2 Å². The topological polar surface area (TPSA) is 28.7 Å². The lowest BCUT2D eigenvalue weighted by Gasteiger charge is -2.21. The number of hydrogen-bond acceptors (Lipinski definition) is 2. The van der Waals surface area contributed by atoms with Crippen LogP contribution in [0.5, 0.6) is 0 Å². The van der Waals surface area contributed by atoms with E-state index in [0.29, 0.717) is 16.0 Å². The van der Waals surface area contributed by atoms with Gasteiger partial charge in [0.15, 0.2) is 0 Å². The Labute approximate surface area is 139 Å². The van der Waals surface area contributed by atoms with Crippen molar-refractivity contribution in [3.8, 4) is 11.4 Å². The molecule has 0 aliphatic rings. The molecule has 2 aromatic rings. The van der Waals surface area contributed by atoms with Gasteiger partial charge in [0.2, 0.25) is 0 Å². The minimum Gasteiger partial charge on any atom is -0.342 e. The Hall–Kier alpha value is -0.590. The lowest BCUT2D eigenvalue weighted by atomic mass is 9.92. The smallest absolute Gasteiger partial charge is 0.144 e. The van der Waals surface area contributed by atoms with Gasteiger partial charge in [0, 0.05) is 21.1 Å². The Kier molecular flexibility index (Phi) is 4.47. The Morgan fingerprint density at radius 3 is 2.50 bits per heavy atom. The largest absolute Gasteiger partial charge is 0.342 e. The maximum atomic E-state index is 13.4. The van der Waals surface area contributed by atoms with Gasteiger partial charge in [-0.25, -0.2) is 9.37 Å². The van der Waals surface area contributed by atoms with Crippen LogP contribution in [0.4, 0.5) is 4.39 Å². The number of rotatable bonds is 1. The van der Waals surface area contributed by atoms with Crippen LogP contribution in [0.15, 0.2) is 27.1 Å². The van der Waals surface area contributed by atoms with Gasteiger partial charge in [-0.1, -0.05) is 48.9 Å². The zero-order valence-electron chi connectivity index (χ0n) is 11.2. The summed E-state index contributed by atoms with van der Waals surface area (Å²) in [7, 11) is 0. The first kappa shape index (κ1) is 15.8. The maximum Gasteiger partial charge on any atom is 0.144 e. The van der Waals surface area contributed by atoms with E-state index in [-0.39, 0.29) is 11.2 Å². The van der Waals surface area contributed by atoms with Gasteiger partial charge in [-0.3, -0.25) is 0 Å². The molecule has 0 spiro atoms. The van der Waals surface area contributed by atoms with E-state index in [4.69, 9.17) is 12.2 Å². The number of benzene rings is 1. The molecular formula is C14H13Br2FN2S. The third-order valence-corrected chi connectivity index (χ3v) is 4.82. The van der Waals surface area contributed by atoms with Crippen LogP contribution in [0.25, 0.3) is 11.4 Å². The van der Waals surface area contributed by atoms with Gasteiger partial charge in [0.05, 0.1) is 4.47 Å². The Balaban J connectivity index is 2.74. The van der Waals surface area contributed by atoms with Gasteiger partial charge in [-0.05, 0) is 34.1 Å². The van der Waals surface area contributed by atoms with Crippen LogP contribution in [0.2, 0.25) is 0 Å². The molecule has 0 aliphatic carbocycles. The molecule has 1 heterocycles. The molecule has 0 saturated heterocycles. The second-order valence-corrected chi connectivity index (χ2v) is 7.49. The van der Waals surface area contributed by atoms with Crippen LogP contribution < -0.4 is 0 Å². The average Bonchev–Trinajstić information content (AvgIpc) is 2.34. The van der Waals surface area contributed by atoms with Crippen LogP contribution >= 0.6 is 44.1 Å². The second kappa shape index (κ2) is 5.66. The molecule has 2 nitrogen and oxygen atoms in total. The second-order valence-electron chi connectivity index (χ2n) is 5.45. The summed E-state index contributed by atoms with van der Waals surface area (Å²) in [4.78, 5) is 7.59. The Morgan fingerprint density at radius 1 is 1.25 bits per heavy atom. The summed E-state index contributed by atoms with van der Waals surface area (Å²) < 4.78 is 15.4. The van der Waals surface area contributed by atoms with E-state index in [1.807, 2.05) is 0 Å². The van der Waals surface area contributed by atoms with Crippen LogP contribution in [0.1, 0.15) is 26.5 Å². The van der Waals surface area contributed by atoms with Gasteiger partial charge in [-0.2, -0.15) is 0 Å². The minimum absolute atomic E-state index is 0.135. The monoisotopic (exact) mass is 418 g/mol. The van der Waals surface area contributed by atoms with Crippen molar-refractivity contribution in [2.75, 3.05) is 0 Å². The van der Waals surface area contributed by atoms with E-state index in [2.05, 4.69) is 62.6 Å². The molecule has 6 heteroatoms. The standard InChI is InChI=1S/C14H13Br2FN2S/c1-14(2,3)11-10(16)13(20)19-12(18-11)8-6-7(17)4-5-9(8)15/h4-6H,1-3H3,(H,18,19,20). The predicted octanol–water partition coefficient (Wildman–Crippen LogP) is 5.77. The highest BCUT2D eigenvalue weighted by Gasteiger charge is 2.21. The van der Waals surface area contributed by atoms with E-state index in [1.54, 1.807) is 6.07 Å². The van der Waals surface area contributed by atoms with Crippen LogP contribution in [0, 0.1) is 10.5 Å². The van der Waals surface area contributed by atoms with E-state index >= 15 is 0 Å². The molecule has 0 amide bonds. The highest BCUT2D eigenvalue weighted by molar-refractivity contribution is 9.11. The molecule has 0 fully saturated rings. The molecule has 0 bridgehead atoms. The minimum atomic E-state index is -0.315. The summed E-state index contributed by atoms with van der Waals surface area (Å²) in [6, 6.07) is 4.48. The average molecular weight is 420 g/mol. The van der Waals surface area contributed by atoms with Crippen molar-refractivity contribution in [3.63, 3.8) is 0 Å². The summed E-state index contributed by atoms with van der Waals surface area (Å²) >= 11 is 12.2. The SMILES string of the molecule is CC(C)(C)c1[nH]c(-c2cc(F)ccc2Br)nc(=S)c1Br. The van der Waals surface area contributed by atoms with Gasteiger partial charge in [-0.15, -0.1) is 0 Å². The third kappa shape index (κ3) is 3.18. The quantitative estimate of drug-likeness (QED) is 0.594. The van der Waals surface area contributed by atoms with Gasteiger partial charge in [0.1, 0.15) is 16.3 Å². The zero-order valence-corrected chi connectivity index (χ0v) is 15.2. The number of hydrogen-bond donors (Lipinski definition) is 1. The summed E-state index contributed by atoms with van der Waals surface area (Å²) in [5.74, 6) is 0.235. The number of nitrogens with zero attached hydrogens (tertiary/aromatic N) is 1. The fourth-order valence-corrected chi connectivity index (χ4v) is 3.19. The van der Waals surface area contributed by atoms with Crippen LogP contribution in [-0.4, -0.2) is 9.97 Å². The Morgan fingerprint density at radius 2 is 1.90 bits per heavy atom. The van der Waals surface area contributed by atoms with Crippen molar-refractivity contribution < 1.29 is 4.39 Å². The lowest BCUT2D eigenvalue weighted by molar-refractivity contribution is 0.563. The molecular weight excluding hydrogens is 407 g/mol. The number of nitrogens with one attached hydrogen (secondary N) is 1. The fraction of sp³-hybridized carbons (Fsp3) is 0.286. The molecule has 106 valence electrons. The summed E-state index contributed by atoms with van der Waals surface area (Å²) in [6.45, 7) is 6.22. The zero-order chi connectivity index (χ0) is 15.1. The first-order valence-corrected chi connectivity index (χ1v) is 7.95. The van der Waals surface area contributed by atoms with E-state index in [0.717, 1.165) is 14.6 Å². The van der Waals surface area contributed by atoms with E-state index in [1.165, 1.54) is 12.1 Å². The molecule has 1 aromatic carbocycles. The summed E-state index contributed by atoms with van der Waals surface area (Å²) in [5, 5.41) is 0. The summed E-state index contributed by atoms with van der Waals surface area (Å²) in [6.07, 6.45) is 0. The van der Waals surface area contributed by atoms with E-state index in [9.17, 15) is 4.39 Å².